The zero-order chi connectivity index (χ0) is 28.2. The number of ether oxygens (including phenoxy) is 1. The lowest BCUT2D eigenvalue weighted by Gasteiger charge is -2.45. The van der Waals surface area contributed by atoms with Crippen molar-refractivity contribution in [2.45, 2.75) is 24.7 Å². The van der Waals surface area contributed by atoms with E-state index < -0.39 is 17.3 Å². The van der Waals surface area contributed by atoms with Crippen molar-refractivity contribution in [3.63, 3.8) is 0 Å². The number of anilines is 1. The summed E-state index contributed by atoms with van der Waals surface area (Å²) in [6.07, 6.45) is -3.78. The van der Waals surface area contributed by atoms with Crippen LogP contribution in [0.25, 0.3) is 0 Å². The number of alkyl halides is 3. The molecule has 0 saturated carbocycles. The maximum absolute atomic E-state index is 13.0. The standard InChI is InChI=1S/C28H28ClF3N4O3/c1-27(38,26-9-4-21(16-34-26)28(30,31)32)18-35-10-11-36(25(17-35)19-2-5-22(29)6-3-19)24-8-7-23(39-13-12-37)14-20(24)15-33/h2-9,14,16,25,37-38H,10-13,17-18H2,1H3/t25-,27+/m0/s1. The molecule has 2 N–H and O–H groups in total. The minimum absolute atomic E-state index is 0.115. The van der Waals surface area contributed by atoms with Crippen molar-refractivity contribution in [2.24, 2.45) is 0 Å². The fourth-order valence-corrected chi connectivity index (χ4v) is 4.87. The summed E-state index contributed by atoms with van der Waals surface area (Å²) >= 11 is 6.12. The van der Waals surface area contributed by atoms with Crippen LogP contribution < -0.4 is 9.64 Å². The van der Waals surface area contributed by atoms with Crippen LogP contribution in [0.15, 0.2) is 60.8 Å². The van der Waals surface area contributed by atoms with E-state index in [1.807, 2.05) is 23.1 Å². The minimum Gasteiger partial charge on any atom is -0.491 e. The van der Waals surface area contributed by atoms with Gasteiger partial charge in [0.15, 0.2) is 0 Å². The molecule has 2 atom stereocenters. The number of rotatable bonds is 8. The van der Waals surface area contributed by atoms with Crippen LogP contribution in [-0.2, 0) is 11.8 Å². The van der Waals surface area contributed by atoms with Crippen LogP contribution in [-0.4, -0.2) is 59.5 Å². The van der Waals surface area contributed by atoms with Crippen molar-refractivity contribution in [3.8, 4) is 11.8 Å². The van der Waals surface area contributed by atoms with Crippen molar-refractivity contribution in [1.29, 1.82) is 5.26 Å². The molecule has 2 aromatic carbocycles. The van der Waals surface area contributed by atoms with Gasteiger partial charge in [-0.2, -0.15) is 18.4 Å². The second-order valence-electron chi connectivity index (χ2n) is 9.56. The number of pyridine rings is 1. The lowest BCUT2D eigenvalue weighted by atomic mass is 9.96. The molecule has 0 radical (unpaired) electrons. The molecular weight excluding hydrogens is 533 g/mol. The van der Waals surface area contributed by atoms with Gasteiger partial charge >= 0.3 is 6.18 Å². The van der Waals surface area contributed by atoms with Gasteiger partial charge in [-0.15, -0.1) is 0 Å². The predicted molar refractivity (Wildman–Crippen MR) is 141 cm³/mol. The Bertz CT molecular complexity index is 1310. The molecule has 1 saturated heterocycles. The Hall–Kier alpha value is -3.36. The van der Waals surface area contributed by atoms with Gasteiger partial charge in [-0.3, -0.25) is 9.88 Å². The Morgan fingerprint density at radius 1 is 1.13 bits per heavy atom. The number of hydrogen-bond acceptors (Lipinski definition) is 7. The van der Waals surface area contributed by atoms with Crippen LogP contribution in [0.5, 0.6) is 5.75 Å². The van der Waals surface area contributed by atoms with Gasteiger partial charge < -0.3 is 19.8 Å². The summed E-state index contributed by atoms with van der Waals surface area (Å²) in [6.45, 7) is 3.14. The number of piperazine rings is 1. The highest BCUT2D eigenvalue weighted by atomic mass is 35.5. The van der Waals surface area contributed by atoms with Crippen LogP contribution in [0.4, 0.5) is 18.9 Å². The first-order valence-electron chi connectivity index (χ1n) is 12.3. The third-order valence-corrected chi connectivity index (χ3v) is 6.90. The highest BCUT2D eigenvalue weighted by molar-refractivity contribution is 6.30. The lowest BCUT2D eigenvalue weighted by Crippen LogP contribution is -2.52. The first-order valence-corrected chi connectivity index (χ1v) is 12.7. The van der Waals surface area contributed by atoms with Gasteiger partial charge in [0.1, 0.15) is 24.0 Å². The van der Waals surface area contributed by atoms with Crippen LogP contribution in [0.2, 0.25) is 5.02 Å². The maximum Gasteiger partial charge on any atom is 0.417 e. The second-order valence-corrected chi connectivity index (χ2v) is 10.00. The number of aromatic nitrogens is 1. The highest BCUT2D eigenvalue weighted by Gasteiger charge is 2.36. The van der Waals surface area contributed by atoms with Crippen LogP contribution in [0, 0.1) is 11.3 Å². The van der Waals surface area contributed by atoms with Gasteiger partial charge in [-0.1, -0.05) is 23.7 Å². The maximum atomic E-state index is 13.0. The molecule has 11 heteroatoms. The average molecular weight is 561 g/mol. The zero-order valence-electron chi connectivity index (χ0n) is 21.2. The fourth-order valence-electron chi connectivity index (χ4n) is 4.75. The predicted octanol–water partition coefficient (Wildman–Crippen LogP) is 4.77. The number of nitrogens with zero attached hydrogens (tertiary/aromatic N) is 4. The van der Waals surface area contributed by atoms with E-state index >= 15 is 0 Å². The molecule has 1 aromatic heterocycles. The van der Waals surface area contributed by atoms with Crippen molar-refractivity contribution < 1.29 is 28.1 Å². The average Bonchev–Trinajstić information content (AvgIpc) is 2.91. The number of aliphatic hydroxyl groups excluding tert-OH is 1. The SMILES string of the molecule is C[C@@](O)(CN1CCN(c2ccc(OCCO)cc2C#N)[C@H](c2ccc(Cl)cc2)C1)c1ccc(C(F)(F)F)cn1. The normalized spacial score (nSPS) is 17.9. The van der Waals surface area contributed by atoms with E-state index in [1.54, 1.807) is 24.3 Å². The quantitative estimate of drug-likeness (QED) is 0.410. The first-order chi connectivity index (χ1) is 18.5. The molecule has 1 aliphatic heterocycles. The fraction of sp³-hybridized carbons (Fsp3) is 0.357. The summed E-state index contributed by atoms with van der Waals surface area (Å²) in [4.78, 5) is 8.04. The monoisotopic (exact) mass is 560 g/mol. The van der Waals surface area contributed by atoms with Crippen LogP contribution in [0.1, 0.15) is 35.3 Å². The molecule has 206 valence electrons. The Kier molecular flexibility index (Phi) is 8.67. The van der Waals surface area contributed by atoms with E-state index in [0.717, 1.165) is 17.8 Å². The van der Waals surface area contributed by atoms with Gasteiger partial charge in [-0.05, 0) is 55.0 Å². The van der Waals surface area contributed by atoms with Gasteiger partial charge in [0.25, 0.3) is 0 Å². The molecule has 1 fully saturated rings. The summed E-state index contributed by atoms with van der Waals surface area (Å²) in [5.41, 5.74) is -0.157. The minimum atomic E-state index is -4.51. The zero-order valence-corrected chi connectivity index (χ0v) is 22.0. The third kappa shape index (κ3) is 6.81. The summed E-state index contributed by atoms with van der Waals surface area (Å²) < 4.78 is 44.4. The molecule has 0 spiro atoms. The topological polar surface area (TPSA) is 92.9 Å². The van der Waals surface area contributed by atoms with Gasteiger partial charge in [0.2, 0.25) is 0 Å². The first kappa shape index (κ1) is 28.6. The summed E-state index contributed by atoms with van der Waals surface area (Å²) in [6, 6.07) is 16.7. The Morgan fingerprint density at radius 2 is 1.87 bits per heavy atom. The molecule has 3 aromatic rings. The number of benzene rings is 2. The molecule has 2 heterocycles. The molecule has 4 rings (SSSR count). The Morgan fingerprint density at radius 3 is 2.49 bits per heavy atom. The molecule has 1 aliphatic rings. The Balaban J connectivity index is 1.60. The van der Waals surface area contributed by atoms with Crippen LogP contribution in [0.3, 0.4) is 0 Å². The smallest absolute Gasteiger partial charge is 0.417 e. The summed E-state index contributed by atoms with van der Waals surface area (Å²) in [7, 11) is 0. The number of β-amino-alcohol motifs (C(OH)–C–C–N with tert-alkyl or cyclic N) is 1. The van der Waals surface area contributed by atoms with E-state index in [4.69, 9.17) is 21.4 Å². The molecule has 0 bridgehead atoms. The second kappa shape index (κ2) is 11.8. The van der Waals surface area contributed by atoms with Crippen molar-refractivity contribution in [3.05, 3.63) is 88.2 Å². The number of nitriles is 1. The molecular formula is C28H28ClF3N4O3. The van der Waals surface area contributed by atoms with E-state index in [1.165, 1.54) is 13.0 Å². The molecule has 0 unspecified atom stereocenters. The Labute approximate surface area is 229 Å². The van der Waals surface area contributed by atoms with Crippen LogP contribution >= 0.6 is 11.6 Å². The van der Waals surface area contributed by atoms with E-state index in [9.17, 15) is 23.5 Å². The van der Waals surface area contributed by atoms with Crippen molar-refractivity contribution in [1.82, 2.24) is 9.88 Å². The van der Waals surface area contributed by atoms with Gasteiger partial charge in [0.05, 0.1) is 35.2 Å². The molecule has 0 aliphatic carbocycles. The highest BCUT2D eigenvalue weighted by Crippen LogP contribution is 2.36. The number of halogens is 4. The summed E-state index contributed by atoms with van der Waals surface area (Å²) in [5.74, 6) is 0.478. The lowest BCUT2D eigenvalue weighted by molar-refractivity contribution is -0.137. The van der Waals surface area contributed by atoms with Crippen molar-refractivity contribution in [2.75, 3.05) is 44.3 Å². The van der Waals surface area contributed by atoms with E-state index in [-0.39, 0.29) is 31.5 Å². The summed E-state index contributed by atoms with van der Waals surface area (Å²) in [5, 5.41) is 30.7. The molecule has 39 heavy (non-hydrogen) atoms. The number of aliphatic hydroxyl groups is 2. The third-order valence-electron chi connectivity index (χ3n) is 6.65. The largest absolute Gasteiger partial charge is 0.491 e. The van der Waals surface area contributed by atoms with E-state index in [2.05, 4.69) is 16.0 Å². The molecule has 0 amide bonds. The van der Waals surface area contributed by atoms with Gasteiger partial charge in [-0.25, -0.2) is 0 Å². The van der Waals surface area contributed by atoms with Gasteiger partial charge in [0, 0.05) is 37.4 Å². The molecule has 7 nitrogen and oxygen atoms in total. The van der Waals surface area contributed by atoms with Crippen molar-refractivity contribution >= 4 is 17.3 Å². The van der Waals surface area contributed by atoms with E-state index in [0.29, 0.717) is 41.7 Å². The number of hydrogen-bond donors (Lipinski definition) is 2.